The lowest BCUT2D eigenvalue weighted by Crippen LogP contribution is -2.40. The number of aliphatic hydroxyl groups excluding tert-OH is 1. The first-order chi connectivity index (χ1) is 6.85. The SMILES string of the molecule is OCC1(CN2CC=CC2)CCCCC1. The topological polar surface area (TPSA) is 23.5 Å². The van der Waals surface area contributed by atoms with Crippen LogP contribution in [0, 0.1) is 5.41 Å². The van der Waals surface area contributed by atoms with Crippen molar-refractivity contribution in [2.75, 3.05) is 26.2 Å². The molecule has 2 aliphatic rings. The molecule has 2 rings (SSSR count). The summed E-state index contributed by atoms with van der Waals surface area (Å²) in [5, 5.41) is 9.55. The maximum Gasteiger partial charge on any atom is 0.0499 e. The standard InChI is InChI=1S/C12H21NO/c14-11-12(6-2-1-3-7-12)10-13-8-4-5-9-13/h4-5,14H,1-3,6-11H2. The number of hydrogen-bond acceptors (Lipinski definition) is 2. The van der Waals surface area contributed by atoms with E-state index in [-0.39, 0.29) is 5.41 Å². The van der Waals surface area contributed by atoms with Gasteiger partial charge in [-0.1, -0.05) is 31.4 Å². The molecule has 2 nitrogen and oxygen atoms in total. The van der Waals surface area contributed by atoms with Crippen LogP contribution in [-0.2, 0) is 0 Å². The molecule has 1 N–H and O–H groups in total. The highest BCUT2D eigenvalue weighted by molar-refractivity contribution is 4.98. The van der Waals surface area contributed by atoms with Crippen LogP contribution in [0.5, 0.6) is 0 Å². The van der Waals surface area contributed by atoms with Gasteiger partial charge in [0.25, 0.3) is 0 Å². The van der Waals surface area contributed by atoms with Crippen molar-refractivity contribution in [3.05, 3.63) is 12.2 Å². The van der Waals surface area contributed by atoms with E-state index in [1.807, 2.05) is 0 Å². The summed E-state index contributed by atoms with van der Waals surface area (Å²) in [4.78, 5) is 2.45. The van der Waals surface area contributed by atoms with Gasteiger partial charge in [-0.15, -0.1) is 0 Å². The van der Waals surface area contributed by atoms with Gasteiger partial charge in [-0.3, -0.25) is 4.90 Å². The van der Waals surface area contributed by atoms with Crippen LogP contribution in [0.3, 0.4) is 0 Å². The summed E-state index contributed by atoms with van der Waals surface area (Å²) in [6.07, 6.45) is 10.9. The van der Waals surface area contributed by atoms with E-state index in [9.17, 15) is 5.11 Å². The Balaban J connectivity index is 1.90. The zero-order valence-electron chi connectivity index (χ0n) is 8.91. The third-order valence-corrected chi connectivity index (χ3v) is 3.70. The van der Waals surface area contributed by atoms with Gasteiger partial charge < -0.3 is 5.11 Å². The Labute approximate surface area is 86.6 Å². The molecule has 80 valence electrons. The third-order valence-electron chi connectivity index (χ3n) is 3.70. The molecule has 0 bridgehead atoms. The summed E-state index contributed by atoms with van der Waals surface area (Å²) in [6.45, 7) is 3.64. The molecule has 1 saturated carbocycles. The molecule has 1 aliphatic carbocycles. The monoisotopic (exact) mass is 195 g/mol. The fraction of sp³-hybridized carbons (Fsp3) is 0.833. The largest absolute Gasteiger partial charge is 0.396 e. The lowest BCUT2D eigenvalue weighted by atomic mass is 9.74. The van der Waals surface area contributed by atoms with E-state index in [0.717, 1.165) is 19.6 Å². The lowest BCUT2D eigenvalue weighted by molar-refractivity contribution is 0.0494. The summed E-state index contributed by atoms with van der Waals surface area (Å²) in [6, 6.07) is 0. The van der Waals surface area contributed by atoms with E-state index in [1.165, 1.54) is 32.1 Å². The zero-order valence-corrected chi connectivity index (χ0v) is 8.91. The van der Waals surface area contributed by atoms with Crippen LogP contribution in [-0.4, -0.2) is 36.2 Å². The fourth-order valence-corrected chi connectivity index (χ4v) is 2.79. The second kappa shape index (κ2) is 4.45. The minimum atomic E-state index is 0.226. The first-order valence-electron chi connectivity index (χ1n) is 5.83. The van der Waals surface area contributed by atoms with Gasteiger partial charge in [0, 0.05) is 31.7 Å². The van der Waals surface area contributed by atoms with Crippen LogP contribution in [0.15, 0.2) is 12.2 Å². The first-order valence-corrected chi connectivity index (χ1v) is 5.83. The summed E-state index contributed by atoms with van der Waals surface area (Å²) in [5.41, 5.74) is 0.226. The number of aliphatic hydroxyl groups is 1. The van der Waals surface area contributed by atoms with Gasteiger partial charge in [0.15, 0.2) is 0 Å². The van der Waals surface area contributed by atoms with Crippen LogP contribution in [0.2, 0.25) is 0 Å². The predicted octanol–water partition coefficient (Wildman–Crippen LogP) is 1.80. The normalized spacial score (nSPS) is 26.9. The highest BCUT2D eigenvalue weighted by Crippen LogP contribution is 2.36. The maximum atomic E-state index is 9.55. The van der Waals surface area contributed by atoms with Crippen molar-refractivity contribution in [1.82, 2.24) is 4.90 Å². The minimum Gasteiger partial charge on any atom is -0.396 e. The van der Waals surface area contributed by atoms with Crippen molar-refractivity contribution in [3.63, 3.8) is 0 Å². The number of nitrogens with zero attached hydrogens (tertiary/aromatic N) is 1. The number of hydrogen-bond donors (Lipinski definition) is 1. The molecular weight excluding hydrogens is 174 g/mol. The highest BCUT2D eigenvalue weighted by atomic mass is 16.3. The minimum absolute atomic E-state index is 0.226. The molecule has 0 amide bonds. The Morgan fingerprint density at radius 2 is 1.71 bits per heavy atom. The molecule has 0 aromatic rings. The molecule has 1 heterocycles. The van der Waals surface area contributed by atoms with Crippen molar-refractivity contribution in [3.8, 4) is 0 Å². The van der Waals surface area contributed by atoms with Gasteiger partial charge in [0.1, 0.15) is 0 Å². The fourth-order valence-electron chi connectivity index (χ4n) is 2.79. The van der Waals surface area contributed by atoms with E-state index in [4.69, 9.17) is 0 Å². The molecule has 0 unspecified atom stereocenters. The van der Waals surface area contributed by atoms with Crippen molar-refractivity contribution in [1.29, 1.82) is 0 Å². The van der Waals surface area contributed by atoms with Gasteiger partial charge in [-0.2, -0.15) is 0 Å². The molecule has 14 heavy (non-hydrogen) atoms. The van der Waals surface area contributed by atoms with Crippen molar-refractivity contribution in [2.45, 2.75) is 32.1 Å². The summed E-state index contributed by atoms with van der Waals surface area (Å²) >= 11 is 0. The van der Waals surface area contributed by atoms with E-state index in [1.54, 1.807) is 0 Å². The summed E-state index contributed by atoms with van der Waals surface area (Å²) in [5.74, 6) is 0. The Hall–Kier alpha value is -0.340. The average molecular weight is 195 g/mol. The molecule has 1 fully saturated rings. The Morgan fingerprint density at radius 3 is 2.29 bits per heavy atom. The second-order valence-corrected chi connectivity index (χ2v) is 4.88. The van der Waals surface area contributed by atoms with Crippen LogP contribution in [0.4, 0.5) is 0 Å². The molecule has 0 radical (unpaired) electrons. The van der Waals surface area contributed by atoms with Gasteiger partial charge >= 0.3 is 0 Å². The van der Waals surface area contributed by atoms with Gasteiger partial charge in [-0.05, 0) is 12.8 Å². The van der Waals surface area contributed by atoms with Gasteiger partial charge in [0.05, 0.1) is 0 Å². The number of rotatable bonds is 3. The van der Waals surface area contributed by atoms with Crippen LogP contribution >= 0.6 is 0 Å². The van der Waals surface area contributed by atoms with Gasteiger partial charge in [0.2, 0.25) is 0 Å². The molecular formula is C12H21NO. The maximum absolute atomic E-state index is 9.55. The van der Waals surface area contributed by atoms with Crippen molar-refractivity contribution >= 4 is 0 Å². The van der Waals surface area contributed by atoms with Gasteiger partial charge in [-0.25, -0.2) is 0 Å². The summed E-state index contributed by atoms with van der Waals surface area (Å²) < 4.78 is 0. The molecule has 2 heteroatoms. The Kier molecular flexibility index (Phi) is 3.24. The van der Waals surface area contributed by atoms with Crippen molar-refractivity contribution in [2.24, 2.45) is 5.41 Å². The Bertz CT molecular complexity index is 198. The van der Waals surface area contributed by atoms with Crippen LogP contribution in [0.25, 0.3) is 0 Å². The summed E-state index contributed by atoms with van der Waals surface area (Å²) in [7, 11) is 0. The predicted molar refractivity (Wildman–Crippen MR) is 58.2 cm³/mol. The zero-order chi connectivity index (χ0) is 9.86. The molecule has 0 aromatic carbocycles. The smallest absolute Gasteiger partial charge is 0.0499 e. The van der Waals surface area contributed by atoms with Crippen LogP contribution in [0.1, 0.15) is 32.1 Å². The quantitative estimate of drug-likeness (QED) is 0.694. The molecule has 0 saturated heterocycles. The van der Waals surface area contributed by atoms with Crippen LogP contribution < -0.4 is 0 Å². The molecule has 0 spiro atoms. The molecule has 0 aromatic heterocycles. The first kappa shape index (κ1) is 10.2. The van der Waals surface area contributed by atoms with E-state index < -0.39 is 0 Å². The average Bonchev–Trinajstić information content (AvgIpc) is 2.72. The highest BCUT2D eigenvalue weighted by Gasteiger charge is 2.33. The third kappa shape index (κ3) is 2.18. The lowest BCUT2D eigenvalue weighted by Gasteiger charge is -2.38. The molecule has 1 aliphatic heterocycles. The van der Waals surface area contributed by atoms with Crippen molar-refractivity contribution < 1.29 is 5.11 Å². The van der Waals surface area contributed by atoms with E-state index in [2.05, 4.69) is 17.1 Å². The molecule has 0 atom stereocenters. The van der Waals surface area contributed by atoms with E-state index >= 15 is 0 Å². The Morgan fingerprint density at radius 1 is 1.07 bits per heavy atom. The van der Waals surface area contributed by atoms with E-state index in [0.29, 0.717) is 6.61 Å². The second-order valence-electron chi connectivity index (χ2n) is 4.88.